The molecule has 0 amide bonds. The van der Waals surface area contributed by atoms with Crippen molar-refractivity contribution >= 4 is 16.8 Å². The molecule has 0 saturated heterocycles. The van der Waals surface area contributed by atoms with E-state index in [4.69, 9.17) is 5.11 Å². The van der Waals surface area contributed by atoms with Gasteiger partial charge in [-0.3, -0.25) is 13.7 Å². The molecule has 0 aliphatic rings. The fourth-order valence-electron chi connectivity index (χ4n) is 2.58. The fraction of sp³-hybridized carbons (Fsp3) is 0.176. The minimum atomic E-state index is -4.69. The molecule has 0 aliphatic heterocycles. The molecule has 2 N–H and O–H groups in total. The van der Waals surface area contributed by atoms with E-state index >= 15 is 0 Å². The van der Waals surface area contributed by atoms with Crippen molar-refractivity contribution in [1.29, 1.82) is 0 Å². The van der Waals surface area contributed by atoms with Crippen LogP contribution in [0.25, 0.3) is 22.6 Å². The van der Waals surface area contributed by atoms with Crippen molar-refractivity contribution in [2.75, 3.05) is 6.26 Å². The van der Waals surface area contributed by atoms with Crippen LogP contribution in [-0.2, 0) is 28.3 Å². The molecule has 0 fully saturated rings. The van der Waals surface area contributed by atoms with Crippen molar-refractivity contribution in [2.24, 2.45) is 0 Å². The number of aromatic amines is 1. The summed E-state index contributed by atoms with van der Waals surface area (Å²) in [6.45, 7) is -0.704. The van der Waals surface area contributed by atoms with Gasteiger partial charge in [-0.1, -0.05) is 12.1 Å². The van der Waals surface area contributed by atoms with Gasteiger partial charge in [-0.05, 0) is 35.9 Å². The maximum absolute atomic E-state index is 13.0. The van der Waals surface area contributed by atoms with Crippen molar-refractivity contribution in [3.05, 3.63) is 48.2 Å². The predicted molar refractivity (Wildman–Crippen MR) is 92.4 cm³/mol. The number of carbonyl (C=O) groups is 1. The third-order valence-corrected chi connectivity index (χ3v) is 4.71. The number of nitrogens with one attached hydrogen (secondary N) is 1. The van der Waals surface area contributed by atoms with Gasteiger partial charge >= 0.3 is 12.1 Å². The highest BCUT2D eigenvalue weighted by Crippen LogP contribution is 2.32. The lowest BCUT2D eigenvalue weighted by atomic mass is 10.2. The van der Waals surface area contributed by atoms with E-state index in [1.165, 1.54) is 0 Å². The molecule has 27 heavy (non-hydrogen) atoms. The van der Waals surface area contributed by atoms with Crippen molar-refractivity contribution in [1.82, 2.24) is 14.8 Å². The number of benzene rings is 1. The number of hydrogen-bond acceptors (Lipinski definition) is 3. The molecule has 3 aromatic rings. The van der Waals surface area contributed by atoms with E-state index in [1.807, 2.05) is 0 Å². The van der Waals surface area contributed by atoms with Crippen LogP contribution in [0.1, 0.15) is 5.69 Å². The van der Waals surface area contributed by atoms with E-state index in [-0.39, 0.29) is 11.4 Å². The van der Waals surface area contributed by atoms with Gasteiger partial charge < -0.3 is 10.1 Å². The normalized spacial score (nSPS) is 12.9. The zero-order valence-corrected chi connectivity index (χ0v) is 14.8. The lowest BCUT2D eigenvalue weighted by Gasteiger charge is -2.04. The van der Waals surface area contributed by atoms with Crippen LogP contribution in [-0.4, -0.2) is 36.3 Å². The molecule has 142 valence electrons. The molecule has 0 radical (unpaired) electrons. The lowest BCUT2D eigenvalue weighted by Crippen LogP contribution is -2.13. The molecule has 0 spiro atoms. The van der Waals surface area contributed by atoms with Gasteiger partial charge in [0.15, 0.2) is 5.69 Å². The zero-order chi connectivity index (χ0) is 19.8. The molecule has 3 rings (SSSR count). The Labute approximate surface area is 154 Å². The van der Waals surface area contributed by atoms with Gasteiger partial charge in [0.1, 0.15) is 6.54 Å². The first-order valence-corrected chi connectivity index (χ1v) is 9.21. The number of H-pyrrole nitrogens is 1. The van der Waals surface area contributed by atoms with Gasteiger partial charge in [-0.25, -0.2) is 0 Å². The molecule has 2 heterocycles. The summed E-state index contributed by atoms with van der Waals surface area (Å²) < 4.78 is 51.3. The number of hydrogen-bond donors (Lipinski definition) is 2. The van der Waals surface area contributed by atoms with Gasteiger partial charge in [0.05, 0.1) is 11.4 Å². The average Bonchev–Trinajstić information content (AvgIpc) is 3.20. The minimum Gasteiger partial charge on any atom is -0.480 e. The summed E-state index contributed by atoms with van der Waals surface area (Å²) in [5.41, 5.74) is 0.421. The van der Waals surface area contributed by atoms with Crippen LogP contribution in [0.3, 0.4) is 0 Å². The summed E-state index contributed by atoms with van der Waals surface area (Å²) in [4.78, 5) is 14.5. The molecule has 10 heteroatoms. The van der Waals surface area contributed by atoms with Gasteiger partial charge in [0.2, 0.25) is 0 Å². The minimum absolute atomic E-state index is 0.00574. The standard InChI is InChI=1S/C17H14F3N3O3S/c1-27(26)11-4-2-3-10(7-11)12-5-6-13(21-12)14-8-15(17(18,19)20)22-23(14)9-16(24)25/h2-8,21H,9H2,1H3,(H,24,25). The van der Waals surface area contributed by atoms with Crippen molar-refractivity contribution in [3.8, 4) is 22.6 Å². The highest BCUT2D eigenvalue weighted by Gasteiger charge is 2.35. The van der Waals surface area contributed by atoms with Crippen LogP contribution in [0, 0.1) is 0 Å². The van der Waals surface area contributed by atoms with Gasteiger partial charge in [0, 0.05) is 27.6 Å². The summed E-state index contributed by atoms with van der Waals surface area (Å²) in [5, 5.41) is 12.3. The molecule has 1 unspecified atom stereocenters. The van der Waals surface area contributed by atoms with E-state index in [9.17, 15) is 22.2 Å². The van der Waals surface area contributed by atoms with Crippen LogP contribution >= 0.6 is 0 Å². The van der Waals surface area contributed by atoms with Crippen LogP contribution in [0.5, 0.6) is 0 Å². The quantitative estimate of drug-likeness (QED) is 0.691. The summed E-state index contributed by atoms with van der Waals surface area (Å²) >= 11 is 0. The maximum atomic E-state index is 13.0. The number of halogens is 3. The lowest BCUT2D eigenvalue weighted by molar-refractivity contribution is -0.143. The highest BCUT2D eigenvalue weighted by atomic mass is 32.2. The first kappa shape index (κ1) is 18.9. The summed E-state index contributed by atoms with van der Waals surface area (Å²) in [6.07, 6.45) is -3.14. The Morgan fingerprint density at radius 2 is 1.93 bits per heavy atom. The summed E-state index contributed by atoms with van der Waals surface area (Å²) in [6, 6.07) is 10.9. The topological polar surface area (TPSA) is 88.0 Å². The number of nitrogens with zero attached hydrogens (tertiary/aromatic N) is 2. The maximum Gasteiger partial charge on any atom is 0.435 e. The van der Waals surface area contributed by atoms with Gasteiger partial charge in [-0.2, -0.15) is 18.3 Å². The van der Waals surface area contributed by atoms with Crippen LogP contribution in [0.4, 0.5) is 13.2 Å². The van der Waals surface area contributed by atoms with Gasteiger partial charge in [0.25, 0.3) is 0 Å². The Kier molecular flexibility index (Phi) is 4.92. The fourth-order valence-corrected chi connectivity index (χ4v) is 3.14. The number of carboxylic acid groups (broad SMARTS) is 1. The van der Waals surface area contributed by atoms with Crippen molar-refractivity contribution in [3.63, 3.8) is 0 Å². The van der Waals surface area contributed by atoms with Crippen LogP contribution < -0.4 is 0 Å². The van der Waals surface area contributed by atoms with E-state index in [0.29, 0.717) is 16.2 Å². The smallest absolute Gasteiger partial charge is 0.435 e. The number of alkyl halides is 3. The van der Waals surface area contributed by atoms with E-state index in [2.05, 4.69) is 10.1 Å². The third-order valence-electron chi connectivity index (χ3n) is 3.79. The number of rotatable bonds is 5. The Balaban J connectivity index is 2.03. The van der Waals surface area contributed by atoms with E-state index in [0.717, 1.165) is 10.7 Å². The average molecular weight is 397 g/mol. The van der Waals surface area contributed by atoms with E-state index < -0.39 is 35.2 Å². The van der Waals surface area contributed by atoms with Crippen molar-refractivity contribution < 1.29 is 27.3 Å². The molecule has 1 atom stereocenters. The monoisotopic (exact) mass is 397 g/mol. The van der Waals surface area contributed by atoms with Crippen molar-refractivity contribution in [2.45, 2.75) is 17.6 Å². The number of aliphatic carboxylic acids is 1. The first-order valence-electron chi connectivity index (χ1n) is 7.65. The van der Waals surface area contributed by atoms with E-state index in [1.54, 1.807) is 42.7 Å². The second kappa shape index (κ2) is 7.03. The Hall–Kier alpha value is -2.88. The second-order valence-electron chi connectivity index (χ2n) is 5.73. The SMILES string of the molecule is CS(=O)c1cccc(-c2ccc(-c3cc(C(F)(F)F)nn3CC(=O)O)[nH]2)c1. The molecule has 0 aliphatic carbocycles. The molecular formula is C17H14F3N3O3S. The molecule has 1 aromatic carbocycles. The highest BCUT2D eigenvalue weighted by molar-refractivity contribution is 7.84. The van der Waals surface area contributed by atoms with Gasteiger partial charge in [-0.15, -0.1) is 0 Å². The Morgan fingerprint density at radius 3 is 2.56 bits per heavy atom. The molecule has 0 bridgehead atoms. The van der Waals surface area contributed by atoms with Crippen LogP contribution in [0.15, 0.2) is 47.4 Å². The number of carboxylic acids is 1. The molecule has 2 aromatic heterocycles. The molecule has 0 saturated carbocycles. The number of aromatic nitrogens is 3. The zero-order valence-electron chi connectivity index (χ0n) is 13.9. The van der Waals surface area contributed by atoms with Crippen LogP contribution in [0.2, 0.25) is 0 Å². The first-order chi connectivity index (χ1) is 12.6. The summed E-state index contributed by atoms with van der Waals surface area (Å²) in [7, 11) is -1.18. The molecular weight excluding hydrogens is 383 g/mol. The second-order valence-corrected chi connectivity index (χ2v) is 7.11. The largest absolute Gasteiger partial charge is 0.480 e. The summed E-state index contributed by atoms with van der Waals surface area (Å²) in [5.74, 6) is -1.31. The Morgan fingerprint density at radius 1 is 1.22 bits per heavy atom. The molecule has 6 nitrogen and oxygen atoms in total. The Bertz CT molecular complexity index is 1020. The third kappa shape index (κ3) is 4.11. The predicted octanol–water partition coefficient (Wildman–Crippen LogP) is 3.39.